The summed E-state index contributed by atoms with van der Waals surface area (Å²) in [6, 6.07) is 11.0. The summed E-state index contributed by atoms with van der Waals surface area (Å²) in [7, 11) is -3.82. The Kier molecular flexibility index (Phi) is 6.32. The van der Waals surface area contributed by atoms with Crippen LogP contribution < -0.4 is 10.0 Å². The number of hydrogen-bond acceptors (Lipinski definition) is 7. The van der Waals surface area contributed by atoms with Crippen molar-refractivity contribution in [1.82, 2.24) is 4.98 Å². The van der Waals surface area contributed by atoms with Crippen molar-refractivity contribution < 1.29 is 33.0 Å². The second-order valence-corrected chi connectivity index (χ2v) is 8.74. The first-order chi connectivity index (χ1) is 14.6. The van der Waals surface area contributed by atoms with Gasteiger partial charge in [0, 0.05) is 11.1 Å². The van der Waals surface area contributed by atoms with Crippen LogP contribution in [0.1, 0.15) is 26.4 Å². The van der Waals surface area contributed by atoms with Crippen LogP contribution in [0.15, 0.2) is 58.8 Å². The van der Waals surface area contributed by atoms with Gasteiger partial charge in [-0.25, -0.2) is 23.0 Å². The Morgan fingerprint density at radius 1 is 0.968 bits per heavy atom. The molecule has 0 bridgehead atoms. The molecule has 0 saturated heterocycles. The van der Waals surface area contributed by atoms with Crippen LogP contribution in [-0.4, -0.2) is 41.5 Å². The number of carboxylic acids is 2. The lowest BCUT2D eigenvalue weighted by Crippen LogP contribution is -2.16. The van der Waals surface area contributed by atoms with Gasteiger partial charge in [0.25, 0.3) is 10.0 Å². The zero-order chi connectivity index (χ0) is 22.6. The van der Waals surface area contributed by atoms with Crippen molar-refractivity contribution in [3.63, 3.8) is 0 Å². The van der Waals surface area contributed by atoms with E-state index < -0.39 is 27.9 Å². The minimum Gasteiger partial charge on any atom is -0.478 e. The molecule has 1 amide bonds. The molecule has 31 heavy (non-hydrogen) atoms. The smallest absolute Gasteiger partial charge is 0.335 e. The number of carbonyl (C=O) groups is 3. The van der Waals surface area contributed by atoms with Crippen molar-refractivity contribution in [2.75, 3.05) is 10.0 Å². The van der Waals surface area contributed by atoms with Crippen LogP contribution >= 0.6 is 11.3 Å². The molecule has 12 heteroatoms. The molecule has 160 valence electrons. The molecular weight excluding hydrogens is 446 g/mol. The van der Waals surface area contributed by atoms with Crippen LogP contribution in [-0.2, 0) is 21.2 Å². The Labute approximate surface area is 180 Å². The number of nitrogens with zero attached hydrogens (tertiary/aromatic N) is 1. The maximum absolute atomic E-state index is 12.3. The molecule has 0 fully saturated rings. The summed E-state index contributed by atoms with van der Waals surface area (Å²) in [5, 5.41) is 22.2. The summed E-state index contributed by atoms with van der Waals surface area (Å²) in [4.78, 5) is 38.7. The van der Waals surface area contributed by atoms with E-state index in [1.54, 1.807) is 18.2 Å². The van der Waals surface area contributed by atoms with Gasteiger partial charge in [-0.2, -0.15) is 0 Å². The zero-order valence-electron chi connectivity index (χ0n) is 15.6. The molecule has 0 unspecified atom stereocenters. The highest BCUT2D eigenvalue weighted by Gasteiger charge is 2.17. The highest BCUT2D eigenvalue weighted by Crippen LogP contribution is 2.21. The molecule has 0 atom stereocenters. The Hall–Kier alpha value is -3.77. The van der Waals surface area contributed by atoms with E-state index in [1.807, 2.05) is 0 Å². The average Bonchev–Trinajstić information content (AvgIpc) is 3.14. The van der Waals surface area contributed by atoms with Crippen molar-refractivity contribution in [1.29, 1.82) is 0 Å². The van der Waals surface area contributed by atoms with Crippen molar-refractivity contribution in [3.05, 3.63) is 70.7 Å². The molecule has 0 aliphatic heterocycles. The molecule has 2 aromatic carbocycles. The first-order valence-electron chi connectivity index (χ1n) is 8.58. The highest BCUT2D eigenvalue weighted by atomic mass is 32.2. The predicted molar refractivity (Wildman–Crippen MR) is 112 cm³/mol. The van der Waals surface area contributed by atoms with Crippen LogP contribution in [0.2, 0.25) is 0 Å². The third kappa shape index (κ3) is 5.65. The number of sulfonamides is 1. The van der Waals surface area contributed by atoms with Crippen LogP contribution in [0, 0.1) is 0 Å². The third-order valence-electron chi connectivity index (χ3n) is 3.88. The second-order valence-electron chi connectivity index (χ2n) is 6.20. The number of carbonyl (C=O) groups excluding carboxylic acids is 1. The van der Waals surface area contributed by atoms with E-state index in [-0.39, 0.29) is 39.0 Å². The Bertz CT molecular complexity index is 1220. The molecule has 0 aliphatic rings. The van der Waals surface area contributed by atoms with Crippen LogP contribution in [0.25, 0.3) is 0 Å². The molecule has 0 radical (unpaired) electrons. The summed E-state index contributed by atoms with van der Waals surface area (Å²) in [5.41, 5.74) is -0.299. The van der Waals surface area contributed by atoms with Gasteiger partial charge in [0.1, 0.15) is 0 Å². The van der Waals surface area contributed by atoms with Gasteiger partial charge in [-0.1, -0.05) is 18.2 Å². The highest BCUT2D eigenvalue weighted by molar-refractivity contribution is 7.93. The van der Waals surface area contributed by atoms with Gasteiger partial charge in [0.05, 0.1) is 28.1 Å². The molecule has 3 rings (SSSR count). The summed E-state index contributed by atoms with van der Waals surface area (Å²) < 4.78 is 27.0. The van der Waals surface area contributed by atoms with Crippen molar-refractivity contribution in [3.8, 4) is 0 Å². The average molecular weight is 461 g/mol. The number of thiazole rings is 1. The first-order valence-corrected chi connectivity index (χ1v) is 10.9. The maximum atomic E-state index is 12.3. The summed E-state index contributed by atoms with van der Waals surface area (Å²) in [5.74, 6) is -3.26. The minimum absolute atomic E-state index is 0.00235. The Morgan fingerprint density at radius 2 is 1.58 bits per heavy atom. The van der Waals surface area contributed by atoms with Gasteiger partial charge in [-0.05, 0) is 30.3 Å². The summed E-state index contributed by atoms with van der Waals surface area (Å²) in [6.07, 6.45) is -0.233. The van der Waals surface area contributed by atoms with E-state index in [4.69, 9.17) is 10.2 Å². The molecule has 4 N–H and O–H groups in total. The fourth-order valence-electron chi connectivity index (χ4n) is 2.52. The lowest BCUT2D eigenvalue weighted by Gasteiger charge is -2.07. The number of hydrogen-bond donors (Lipinski definition) is 4. The minimum atomic E-state index is -3.82. The molecule has 1 aromatic heterocycles. The van der Waals surface area contributed by atoms with Crippen LogP contribution in [0.3, 0.4) is 0 Å². The number of aromatic nitrogens is 1. The number of rotatable bonds is 8. The monoisotopic (exact) mass is 461 g/mol. The maximum Gasteiger partial charge on any atom is 0.335 e. The molecule has 0 spiro atoms. The Morgan fingerprint density at radius 3 is 2.16 bits per heavy atom. The topological polar surface area (TPSA) is 163 Å². The van der Waals surface area contributed by atoms with E-state index in [2.05, 4.69) is 15.0 Å². The van der Waals surface area contributed by atoms with Gasteiger partial charge in [0.2, 0.25) is 5.91 Å². The van der Waals surface area contributed by atoms with Crippen molar-refractivity contribution in [2.24, 2.45) is 0 Å². The number of aromatic carboxylic acids is 2. The third-order valence-corrected chi connectivity index (χ3v) is 6.17. The largest absolute Gasteiger partial charge is 0.478 e. The fraction of sp³-hybridized carbons (Fsp3) is 0.0526. The summed E-state index contributed by atoms with van der Waals surface area (Å²) in [6.45, 7) is 0. The van der Waals surface area contributed by atoms with Gasteiger partial charge in [-0.15, -0.1) is 11.3 Å². The standard InChI is InChI=1S/C19H15N3O7S2/c23-16(20-13-7-11(17(24)25)6-12(8-13)18(26)27)9-14-10-30-19(21-14)22-31(28,29)15-4-2-1-3-5-15/h1-8,10H,9H2,(H,20,23)(H,21,22)(H,24,25)(H,26,27). The lowest BCUT2D eigenvalue weighted by atomic mass is 10.1. The van der Waals surface area contributed by atoms with Gasteiger partial charge >= 0.3 is 11.9 Å². The van der Waals surface area contributed by atoms with Gasteiger partial charge < -0.3 is 15.5 Å². The molecule has 0 aliphatic carbocycles. The SMILES string of the molecule is O=C(Cc1csc(NS(=O)(=O)c2ccccc2)n1)Nc1cc(C(=O)O)cc(C(=O)O)c1. The van der Waals surface area contributed by atoms with E-state index in [1.165, 1.54) is 17.5 Å². The normalized spacial score (nSPS) is 11.0. The molecule has 1 heterocycles. The van der Waals surface area contributed by atoms with Crippen molar-refractivity contribution in [2.45, 2.75) is 11.3 Å². The quantitative estimate of drug-likeness (QED) is 0.398. The summed E-state index contributed by atoms with van der Waals surface area (Å²) >= 11 is 0.995. The van der Waals surface area contributed by atoms with E-state index in [9.17, 15) is 22.8 Å². The number of amides is 1. The van der Waals surface area contributed by atoms with Gasteiger partial charge in [0.15, 0.2) is 5.13 Å². The number of anilines is 2. The fourth-order valence-corrected chi connectivity index (χ4v) is 4.51. The van der Waals surface area contributed by atoms with Crippen molar-refractivity contribution >= 4 is 50.0 Å². The number of nitrogens with one attached hydrogen (secondary N) is 2. The Balaban J connectivity index is 1.69. The predicted octanol–water partition coefficient (Wildman–Crippen LogP) is 2.52. The lowest BCUT2D eigenvalue weighted by molar-refractivity contribution is -0.115. The van der Waals surface area contributed by atoms with E-state index in [0.29, 0.717) is 0 Å². The van der Waals surface area contributed by atoms with Crippen LogP contribution in [0.4, 0.5) is 10.8 Å². The van der Waals surface area contributed by atoms with E-state index in [0.717, 1.165) is 29.5 Å². The molecule has 3 aromatic rings. The molecule has 10 nitrogen and oxygen atoms in total. The van der Waals surface area contributed by atoms with Crippen LogP contribution in [0.5, 0.6) is 0 Å². The van der Waals surface area contributed by atoms with E-state index >= 15 is 0 Å². The molecule has 0 saturated carbocycles. The second kappa shape index (κ2) is 8.93. The zero-order valence-corrected chi connectivity index (χ0v) is 17.2. The number of benzene rings is 2. The van der Waals surface area contributed by atoms with Gasteiger partial charge in [-0.3, -0.25) is 9.52 Å². The first kappa shape index (κ1) is 21.9. The number of carboxylic acid groups (broad SMARTS) is 2. The molecular formula is C19H15N3O7S2.